The first kappa shape index (κ1) is 37.4. The number of hydrogen-bond acceptors (Lipinski definition) is 6. The lowest BCUT2D eigenvalue weighted by Gasteiger charge is -2.39. The number of carbonyl (C=O) groups is 1. The first-order valence-corrected chi connectivity index (χ1v) is 19.0. The van der Waals surface area contributed by atoms with E-state index in [4.69, 9.17) is 19.3 Å². The molecule has 0 bridgehead atoms. The molecule has 0 unspecified atom stereocenters. The number of rotatable bonds is 13. The molecule has 0 heterocycles. The van der Waals surface area contributed by atoms with Crippen LogP contribution < -0.4 is 10.4 Å². The molecule has 0 amide bonds. The molecule has 0 aliphatic heterocycles. The summed E-state index contributed by atoms with van der Waals surface area (Å²) < 4.78 is 15.9. The van der Waals surface area contributed by atoms with E-state index in [1.165, 1.54) is 74.6 Å². The topological polar surface area (TPSA) is 89.7 Å². The minimum absolute atomic E-state index is 0.0121. The Morgan fingerprint density at radius 1 is 0.739 bits per heavy atom. The van der Waals surface area contributed by atoms with Crippen molar-refractivity contribution in [1.29, 1.82) is 0 Å². The van der Waals surface area contributed by atoms with E-state index in [0.29, 0.717) is 38.5 Å². The zero-order valence-corrected chi connectivity index (χ0v) is 29.2. The molecule has 2 aliphatic rings. The Balaban J connectivity index is 0.000000318. The van der Waals surface area contributed by atoms with Crippen LogP contribution in [0.2, 0.25) is 5.04 Å². The number of carboxylic acid groups (broad SMARTS) is 1. The molecule has 8 heteroatoms. The molecule has 4 rings (SSSR count). The van der Waals surface area contributed by atoms with Gasteiger partial charge < -0.3 is 19.3 Å². The number of ether oxygens (including phenoxy) is 3. The molecule has 2 fully saturated rings. The number of hydrogen-bond donors (Lipinski definition) is 1. The fourth-order valence-electron chi connectivity index (χ4n) is 6.15. The zero-order valence-electron chi connectivity index (χ0n) is 28.2. The monoisotopic (exact) mass is 646 g/mol. The molecule has 1 N–H and O–H groups in total. The second-order valence-electron chi connectivity index (χ2n) is 13.1. The summed E-state index contributed by atoms with van der Waals surface area (Å²) in [6.07, 6.45) is 13.2. The van der Waals surface area contributed by atoms with Gasteiger partial charge in [0.15, 0.2) is 0 Å². The van der Waals surface area contributed by atoms with Gasteiger partial charge in [-0.05, 0) is 41.1 Å². The quantitative estimate of drug-likeness (QED) is 0.115. The van der Waals surface area contributed by atoms with Crippen molar-refractivity contribution >= 4 is 30.4 Å². The van der Waals surface area contributed by atoms with Crippen molar-refractivity contribution in [3.8, 4) is 11.5 Å². The van der Waals surface area contributed by atoms with E-state index in [1.807, 2.05) is 12.1 Å². The van der Waals surface area contributed by atoms with Crippen molar-refractivity contribution in [2.75, 3.05) is 39.6 Å². The molecule has 7 nitrogen and oxygen atoms in total. The van der Waals surface area contributed by atoms with E-state index in [1.54, 1.807) is 0 Å². The summed E-state index contributed by atoms with van der Waals surface area (Å²) in [4.78, 5) is 19.3. The van der Waals surface area contributed by atoms with Gasteiger partial charge in [0.2, 0.25) is 8.07 Å². The van der Waals surface area contributed by atoms with E-state index in [2.05, 4.69) is 96.8 Å². The summed E-state index contributed by atoms with van der Waals surface area (Å²) in [7, 11) is -2.39. The molecular weight excluding hydrogens is 593 g/mol. The van der Waals surface area contributed by atoms with E-state index in [-0.39, 0.29) is 18.3 Å². The molecule has 0 saturated heterocycles. The third-order valence-corrected chi connectivity index (χ3v) is 13.8. The van der Waals surface area contributed by atoms with E-state index >= 15 is 0 Å². The number of aliphatic imine (C=N–C) groups is 2. The average molecular weight is 647 g/mol. The zero-order chi connectivity index (χ0) is 32.9. The predicted octanol–water partition coefficient (Wildman–Crippen LogP) is 6.55. The van der Waals surface area contributed by atoms with Gasteiger partial charge in [-0.2, -0.15) is 0 Å². The maximum Gasteiger partial charge on any atom is 0.329 e. The second-order valence-corrected chi connectivity index (χ2v) is 17.5. The highest BCUT2D eigenvalue weighted by atomic mass is 28.3. The molecule has 0 aromatic heterocycles. The van der Waals surface area contributed by atoms with Crippen LogP contribution in [0.4, 0.5) is 0 Å². The minimum Gasteiger partial charge on any atom is -0.480 e. The van der Waals surface area contributed by atoms with Crippen LogP contribution >= 0.6 is 0 Å². The Bertz CT molecular complexity index is 1190. The van der Waals surface area contributed by atoms with Gasteiger partial charge in [-0.25, -0.2) is 14.8 Å². The van der Waals surface area contributed by atoms with Crippen LogP contribution in [0.5, 0.6) is 0 Å². The number of nitrogens with zero attached hydrogens (tertiary/aromatic N) is 2. The standard InChI is InChI=1S/C25H32O5Si.C13H22N2/c1-25(2,3)31(22-11-6-4-7-12-22,23-13-8-5-9-14-23)20-10-15-28-16-17-29-18-19-30-21-24(26)27;1-3-7-12(8-4-1)14-11-15-13-9-5-2-6-10-13/h4-9,11-14H,15-19,21H2,1-3H3,(H,26,27);12-13H,1-10H2. The van der Waals surface area contributed by atoms with Crippen LogP contribution in [0.15, 0.2) is 70.6 Å². The number of carboxylic acids is 1. The molecule has 0 spiro atoms. The molecule has 0 atom stereocenters. The van der Waals surface area contributed by atoms with Gasteiger partial charge in [-0.1, -0.05) is 126 Å². The second kappa shape index (κ2) is 20.9. The van der Waals surface area contributed by atoms with Crippen LogP contribution in [0.1, 0.15) is 85.0 Å². The Labute approximate surface area is 277 Å². The van der Waals surface area contributed by atoms with Crippen LogP contribution in [0.3, 0.4) is 0 Å². The number of aliphatic carboxylic acids is 1. The highest BCUT2D eigenvalue weighted by Crippen LogP contribution is 2.35. The molecular formula is C38H54N2O5Si. The van der Waals surface area contributed by atoms with Gasteiger partial charge in [0.05, 0.1) is 44.5 Å². The van der Waals surface area contributed by atoms with Gasteiger partial charge >= 0.3 is 5.97 Å². The lowest BCUT2D eigenvalue weighted by Crippen LogP contribution is -2.63. The summed E-state index contributed by atoms with van der Waals surface area (Å²) in [5.74, 6) is 2.31. The summed E-state index contributed by atoms with van der Waals surface area (Å²) in [6.45, 7) is 8.27. The van der Waals surface area contributed by atoms with Crippen molar-refractivity contribution in [2.45, 2.75) is 102 Å². The normalized spacial score (nSPS) is 15.8. The van der Waals surface area contributed by atoms with E-state index in [9.17, 15) is 4.79 Å². The Morgan fingerprint density at radius 2 is 1.20 bits per heavy atom. The predicted molar refractivity (Wildman–Crippen MR) is 189 cm³/mol. The minimum atomic E-state index is -2.39. The van der Waals surface area contributed by atoms with Gasteiger partial charge in [-0.15, -0.1) is 5.54 Å². The van der Waals surface area contributed by atoms with Gasteiger partial charge in [-0.3, -0.25) is 0 Å². The first-order valence-electron chi connectivity index (χ1n) is 17.0. The van der Waals surface area contributed by atoms with E-state index in [0.717, 1.165) is 0 Å². The van der Waals surface area contributed by atoms with E-state index < -0.39 is 14.0 Å². The molecule has 2 aliphatic carbocycles. The Hall–Kier alpha value is -3.05. The summed E-state index contributed by atoms with van der Waals surface area (Å²) in [6, 6.07) is 25.2. The average Bonchev–Trinajstić information content (AvgIpc) is 3.07. The van der Waals surface area contributed by atoms with Crippen LogP contribution in [-0.2, 0) is 19.0 Å². The van der Waals surface area contributed by atoms with Crippen molar-refractivity contribution in [3.63, 3.8) is 0 Å². The smallest absolute Gasteiger partial charge is 0.329 e. The molecule has 2 aromatic carbocycles. The van der Waals surface area contributed by atoms with Crippen molar-refractivity contribution in [3.05, 3.63) is 60.7 Å². The first-order chi connectivity index (χ1) is 22.3. The molecule has 2 saturated carbocycles. The largest absolute Gasteiger partial charge is 0.480 e. The summed E-state index contributed by atoms with van der Waals surface area (Å²) in [5, 5.41) is 11.1. The maximum atomic E-state index is 10.4. The Kier molecular flexibility index (Phi) is 17.0. The third kappa shape index (κ3) is 13.0. The lowest BCUT2D eigenvalue weighted by molar-refractivity contribution is -0.142. The van der Waals surface area contributed by atoms with Crippen molar-refractivity contribution < 1.29 is 24.1 Å². The summed E-state index contributed by atoms with van der Waals surface area (Å²) in [5.41, 5.74) is 3.68. The lowest BCUT2D eigenvalue weighted by atomic mass is 9.96. The van der Waals surface area contributed by atoms with Crippen LogP contribution in [0, 0.1) is 11.5 Å². The number of benzene rings is 2. The van der Waals surface area contributed by atoms with Crippen LogP contribution in [0.25, 0.3) is 0 Å². The molecule has 0 radical (unpaired) electrons. The van der Waals surface area contributed by atoms with Crippen molar-refractivity contribution in [2.24, 2.45) is 9.98 Å². The highest BCUT2D eigenvalue weighted by Gasteiger charge is 2.46. The SMILES string of the molecule is C(=NC1CCCCC1)=NC1CCCCC1.CC(C)(C)[Si](C#CCOCCOCCOCC(=O)O)(c1ccccc1)c1ccccc1. The van der Waals surface area contributed by atoms with Crippen molar-refractivity contribution in [1.82, 2.24) is 0 Å². The summed E-state index contributed by atoms with van der Waals surface area (Å²) >= 11 is 0. The molecule has 250 valence electrons. The molecule has 46 heavy (non-hydrogen) atoms. The Morgan fingerprint density at radius 3 is 1.65 bits per heavy atom. The third-order valence-electron chi connectivity index (χ3n) is 8.59. The highest BCUT2D eigenvalue weighted by molar-refractivity contribution is 7.10. The maximum absolute atomic E-state index is 10.4. The van der Waals surface area contributed by atoms with Gasteiger partial charge in [0, 0.05) is 0 Å². The molecule has 2 aromatic rings. The fourth-order valence-corrected chi connectivity index (χ4v) is 10.6. The van der Waals surface area contributed by atoms with Gasteiger partial charge in [0.1, 0.15) is 13.2 Å². The van der Waals surface area contributed by atoms with Gasteiger partial charge in [0.25, 0.3) is 0 Å². The van der Waals surface area contributed by atoms with Crippen LogP contribution in [-0.4, -0.2) is 76.9 Å². The fraction of sp³-hybridized carbons (Fsp3) is 0.579.